The van der Waals surface area contributed by atoms with Gasteiger partial charge in [-0.15, -0.1) is 0 Å². The molecule has 1 aromatic rings. The number of nitrogens with zero attached hydrogens (tertiary/aromatic N) is 1. The van der Waals surface area contributed by atoms with Crippen molar-refractivity contribution in [2.24, 2.45) is 0 Å². The van der Waals surface area contributed by atoms with Crippen molar-refractivity contribution in [3.8, 4) is 0 Å². The van der Waals surface area contributed by atoms with Gasteiger partial charge in [0.15, 0.2) is 0 Å². The van der Waals surface area contributed by atoms with Crippen LogP contribution < -0.4 is 5.32 Å². The third-order valence-electron chi connectivity index (χ3n) is 4.58. The molecule has 0 aliphatic heterocycles. The first-order chi connectivity index (χ1) is 9.73. The number of nitrogens with one attached hydrogen (secondary N) is 1. The summed E-state index contributed by atoms with van der Waals surface area (Å²) >= 11 is 0. The molecule has 2 rings (SSSR count). The molecule has 1 fully saturated rings. The standard InChI is InChI=1S/C17H26N2O/c1-3-19(4-2)14-13-18-16(20)17(11-8-12-17)15-9-6-5-7-10-15/h5-7,9-10H,3-4,8,11-14H2,1-2H3,(H,18,20). The number of amides is 1. The van der Waals surface area contributed by atoms with Gasteiger partial charge in [0.05, 0.1) is 5.41 Å². The van der Waals surface area contributed by atoms with Gasteiger partial charge in [-0.1, -0.05) is 50.6 Å². The molecule has 1 aromatic carbocycles. The molecular formula is C17H26N2O. The minimum absolute atomic E-state index is 0.210. The minimum atomic E-state index is -0.259. The molecule has 3 heteroatoms. The normalized spacial score (nSPS) is 16.8. The summed E-state index contributed by atoms with van der Waals surface area (Å²) in [6.45, 7) is 8.07. The van der Waals surface area contributed by atoms with Crippen LogP contribution in [0, 0.1) is 0 Å². The van der Waals surface area contributed by atoms with Gasteiger partial charge in [-0.25, -0.2) is 0 Å². The molecule has 20 heavy (non-hydrogen) atoms. The quantitative estimate of drug-likeness (QED) is 0.829. The van der Waals surface area contributed by atoms with Crippen LogP contribution >= 0.6 is 0 Å². The van der Waals surface area contributed by atoms with Gasteiger partial charge < -0.3 is 10.2 Å². The second-order valence-corrected chi connectivity index (χ2v) is 5.58. The highest BCUT2D eigenvalue weighted by molar-refractivity contribution is 5.89. The molecule has 0 spiro atoms. The molecule has 1 aliphatic carbocycles. The zero-order chi connectivity index (χ0) is 14.4. The maximum atomic E-state index is 12.6. The predicted octanol–water partition coefficient (Wildman–Crippen LogP) is 2.57. The first-order valence-electron chi connectivity index (χ1n) is 7.79. The van der Waals surface area contributed by atoms with Crippen molar-refractivity contribution in [2.75, 3.05) is 26.2 Å². The number of hydrogen-bond acceptors (Lipinski definition) is 2. The molecule has 0 aromatic heterocycles. The molecule has 1 amide bonds. The van der Waals surface area contributed by atoms with E-state index in [1.165, 1.54) is 5.56 Å². The Labute approximate surface area is 122 Å². The van der Waals surface area contributed by atoms with Crippen LogP contribution in [0.25, 0.3) is 0 Å². The molecule has 1 saturated carbocycles. The van der Waals surface area contributed by atoms with Crippen molar-refractivity contribution in [3.05, 3.63) is 35.9 Å². The van der Waals surface area contributed by atoms with Crippen LogP contribution in [0.3, 0.4) is 0 Å². The van der Waals surface area contributed by atoms with E-state index in [0.29, 0.717) is 0 Å². The van der Waals surface area contributed by atoms with Crippen LogP contribution in [0.15, 0.2) is 30.3 Å². The molecule has 0 radical (unpaired) electrons. The largest absolute Gasteiger partial charge is 0.354 e. The van der Waals surface area contributed by atoms with Crippen LogP contribution in [-0.2, 0) is 10.2 Å². The highest BCUT2D eigenvalue weighted by Gasteiger charge is 2.45. The van der Waals surface area contributed by atoms with E-state index in [1.54, 1.807) is 0 Å². The summed E-state index contributed by atoms with van der Waals surface area (Å²) in [5.74, 6) is 0.210. The van der Waals surface area contributed by atoms with E-state index in [-0.39, 0.29) is 11.3 Å². The maximum absolute atomic E-state index is 12.6. The Hall–Kier alpha value is -1.35. The van der Waals surface area contributed by atoms with Gasteiger partial charge in [-0.3, -0.25) is 4.79 Å². The van der Waals surface area contributed by atoms with Gasteiger partial charge in [0.2, 0.25) is 5.91 Å². The van der Waals surface area contributed by atoms with E-state index in [1.807, 2.05) is 18.2 Å². The summed E-state index contributed by atoms with van der Waals surface area (Å²) in [4.78, 5) is 14.9. The number of hydrogen-bond donors (Lipinski definition) is 1. The number of rotatable bonds is 7. The fourth-order valence-electron chi connectivity index (χ4n) is 2.97. The Bertz CT molecular complexity index is 422. The minimum Gasteiger partial charge on any atom is -0.354 e. The Morgan fingerprint density at radius 1 is 1.20 bits per heavy atom. The van der Waals surface area contributed by atoms with Crippen molar-refractivity contribution in [3.63, 3.8) is 0 Å². The smallest absolute Gasteiger partial charge is 0.230 e. The van der Waals surface area contributed by atoms with E-state index in [4.69, 9.17) is 0 Å². The molecule has 0 bridgehead atoms. The summed E-state index contributed by atoms with van der Waals surface area (Å²) in [6, 6.07) is 10.2. The first-order valence-corrected chi connectivity index (χ1v) is 7.79. The van der Waals surface area contributed by atoms with Gasteiger partial charge in [0.25, 0.3) is 0 Å². The van der Waals surface area contributed by atoms with Gasteiger partial charge in [0, 0.05) is 13.1 Å². The zero-order valence-electron chi connectivity index (χ0n) is 12.7. The molecule has 1 N–H and O–H groups in total. The van der Waals surface area contributed by atoms with Gasteiger partial charge in [-0.05, 0) is 31.5 Å². The maximum Gasteiger partial charge on any atom is 0.230 e. The Balaban J connectivity index is 1.93. The van der Waals surface area contributed by atoms with Crippen molar-refractivity contribution < 1.29 is 4.79 Å². The van der Waals surface area contributed by atoms with E-state index >= 15 is 0 Å². The lowest BCUT2D eigenvalue weighted by molar-refractivity contribution is -0.130. The van der Waals surface area contributed by atoms with E-state index in [9.17, 15) is 4.79 Å². The summed E-state index contributed by atoms with van der Waals surface area (Å²) in [5, 5.41) is 3.14. The summed E-state index contributed by atoms with van der Waals surface area (Å²) in [6.07, 6.45) is 3.11. The van der Waals surface area contributed by atoms with E-state index in [0.717, 1.165) is 45.4 Å². The Morgan fingerprint density at radius 2 is 1.85 bits per heavy atom. The molecule has 1 aliphatic rings. The average Bonchev–Trinajstić information content (AvgIpc) is 2.44. The number of carbonyl (C=O) groups is 1. The third-order valence-corrected chi connectivity index (χ3v) is 4.58. The summed E-state index contributed by atoms with van der Waals surface area (Å²) in [5.41, 5.74) is 0.913. The van der Waals surface area contributed by atoms with Crippen LogP contribution in [0.4, 0.5) is 0 Å². The Morgan fingerprint density at radius 3 is 2.35 bits per heavy atom. The van der Waals surface area contributed by atoms with Gasteiger partial charge in [0.1, 0.15) is 0 Å². The fraction of sp³-hybridized carbons (Fsp3) is 0.588. The lowest BCUT2D eigenvalue weighted by Gasteiger charge is -2.40. The van der Waals surface area contributed by atoms with Crippen LogP contribution in [-0.4, -0.2) is 37.0 Å². The molecule has 0 unspecified atom stereocenters. The third kappa shape index (κ3) is 3.04. The second kappa shape index (κ2) is 6.89. The number of benzene rings is 1. The summed E-state index contributed by atoms with van der Waals surface area (Å²) < 4.78 is 0. The lowest BCUT2D eigenvalue weighted by atomic mass is 9.64. The topological polar surface area (TPSA) is 32.3 Å². The van der Waals surface area contributed by atoms with Gasteiger partial charge >= 0.3 is 0 Å². The highest BCUT2D eigenvalue weighted by atomic mass is 16.2. The number of carbonyl (C=O) groups excluding carboxylic acids is 1. The fourth-order valence-corrected chi connectivity index (χ4v) is 2.97. The van der Waals surface area contributed by atoms with E-state index in [2.05, 4.69) is 36.2 Å². The van der Waals surface area contributed by atoms with Crippen LogP contribution in [0.5, 0.6) is 0 Å². The highest BCUT2D eigenvalue weighted by Crippen LogP contribution is 2.43. The number of likely N-dealkylation sites (N-methyl/N-ethyl adjacent to an activating group) is 1. The van der Waals surface area contributed by atoms with Crippen molar-refractivity contribution in [2.45, 2.75) is 38.5 Å². The predicted molar refractivity (Wildman–Crippen MR) is 82.8 cm³/mol. The van der Waals surface area contributed by atoms with Crippen LogP contribution in [0.1, 0.15) is 38.7 Å². The molecular weight excluding hydrogens is 248 g/mol. The Kier molecular flexibility index (Phi) is 5.18. The molecule has 110 valence electrons. The molecule has 0 atom stereocenters. The lowest BCUT2D eigenvalue weighted by Crippen LogP contribution is -2.50. The van der Waals surface area contributed by atoms with Crippen molar-refractivity contribution in [1.29, 1.82) is 0 Å². The average molecular weight is 274 g/mol. The van der Waals surface area contributed by atoms with Crippen molar-refractivity contribution >= 4 is 5.91 Å². The van der Waals surface area contributed by atoms with E-state index < -0.39 is 0 Å². The molecule has 0 saturated heterocycles. The molecule has 0 heterocycles. The summed E-state index contributed by atoms with van der Waals surface area (Å²) in [7, 11) is 0. The zero-order valence-corrected chi connectivity index (χ0v) is 12.7. The monoisotopic (exact) mass is 274 g/mol. The molecule has 3 nitrogen and oxygen atoms in total. The SMILES string of the molecule is CCN(CC)CCNC(=O)C1(c2ccccc2)CCC1. The first kappa shape index (κ1) is 15.0. The van der Waals surface area contributed by atoms with Crippen LogP contribution in [0.2, 0.25) is 0 Å². The second-order valence-electron chi connectivity index (χ2n) is 5.58. The van der Waals surface area contributed by atoms with Gasteiger partial charge in [-0.2, -0.15) is 0 Å². The van der Waals surface area contributed by atoms with Crippen molar-refractivity contribution in [1.82, 2.24) is 10.2 Å².